The molecule has 6 heteroatoms. The fourth-order valence-corrected chi connectivity index (χ4v) is 3.77. The predicted octanol–water partition coefficient (Wildman–Crippen LogP) is 4.88. The number of halogens is 2. The fraction of sp³-hybridized carbons (Fsp3) is 0.190. The summed E-state index contributed by atoms with van der Waals surface area (Å²) in [5, 5.41) is 5.72. The zero-order chi connectivity index (χ0) is 19.2. The van der Waals surface area contributed by atoms with Gasteiger partial charge in [0.25, 0.3) is 0 Å². The molecule has 27 heavy (non-hydrogen) atoms. The van der Waals surface area contributed by atoms with Crippen molar-refractivity contribution in [2.24, 2.45) is 0 Å². The molecule has 0 radical (unpaired) electrons. The van der Waals surface area contributed by atoms with E-state index in [-0.39, 0.29) is 24.3 Å². The topological polar surface area (TPSA) is 32.3 Å². The van der Waals surface area contributed by atoms with E-state index in [4.69, 9.17) is 11.6 Å². The summed E-state index contributed by atoms with van der Waals surface area (Å²) < 4.78 is 13.3. The molecule has 0 aliphatic heterocycles. The van der Waals surface area contributed by atoms with Crippen molar-refractivity contribution in [1.29, 1.82) is 0 Å². The molecule has 0 unspecified atom stereocenters. The van der Waals surface area contributed by atoms with E-state index in [1.165, 1.54) is 12.1 Å². The van der Waals surface area contributed by atoms with Gasteiger partial charge in [-0.05, 0) is 53.9 Å². The Morgan fingerprint density at radius 2 is 1.85 bits per heavy atom. The van der Waals surface area contributed by atoms with Crippen LogP contribution in [0.15, 0.2) is 66.0 Å². The van der Waals surface area contributed by atoms with E-state index in [1.807, 2.05) is 53.7 Å². The lowest BCUT2D eigenvalue weighted by Gasteiger charge is -2.21. The number of nitrogens with one attached hydrogen (secondary N) is 1. The zero-order valence-electron chi connectivity index (χ0n) is 14.9. The molecule has 3 rings (SSSR count). The SMILES string of the molecule is CN(CC(=O)N[C@@H](c1ccc(F)cc1)c1cccs1)Cc1ccc(Cl)cc1. The van der Waals surface area contributed by atoms with Crippen LogP contribution < -0.4 is 5.32 Å². The first-order valence-electron chi connectivity index (χ1n) is 8.52. The van der Waals surface area contributed by atoms with Gasteiger partial charge in [-0.2, -0.15) is 0 Å². The molecule has 3 aromatic rings. The highest BCUT2D eigenvalue weighted by molar-refractivity contribution is 7.10. The number of carbonyl (C=O) groups is 1. The number of thiophene rings is 1. The van der Waals surface area contributed by atoms with Gasteiger partial charge >= 0.3 is 0 Å². The average molecular weight is 403 g/mol. The van der Waals surface area contributed by atoms with Crippen LogP contribution in [-0.2, 0) is 11.3 Å². The van der Waals surface area contributed by atoms with Crippen LogP contribution in [0.1, 0.15) is 22.0 Å². The summed E-state index contributed by atoms with van der Waals surface area (Å²) in [6.45, 7) is 0.899. The van der Waals surface area contributed by atoms with Crippen LogP contribution in [-0.4, -0.2) is 24.4 Å². The number of benzene rings is 2. The number of likely N-dealkylation sites (N-methyl/N-ethyl adjacent to an activating group) is 1. The predicted molar refractivity (Wildman–Crippen MR) is 108 cm³/mol. The van der Waals surface area contributed by atoms with Gasteiger partial charge in [-0.15, -0.1) is 11.3 Å². The maximum atomic E-state index is 13.3. The second kappa shape index (κ2) is 9.13. The number of carbonyl (C=O) groups excluding carboxylic acids is 1. The molecule has 0 saturated heterocycles. The third kappa shape index (κ3) is 5.63. The summed E-state index contributed by atoms with van der Waals surface area (Å²) in [5.74, 6) is -0.383. The average Bonchev–Trinajstić information content (AvgIpc) is 3.17. The highest BCUT2D eigenvalue weighted by Gasteiger charge is 2.19. The molecular weight excluding hydrogens is 383 g/mol. The van der Waals surface area contributed by atoms with Gasteiger partial charge in [-0.1, -0.05) is 41.9 Å². The molecule has 140 valence electrons. The third-order valence-corrected chi connectivity index (χ3v) is 5.30. The molecule has 0 saturated carbocycles. The zero-order valence-corrected chi connectivity index (χ0v) is 16.4. The summed E-state index contributed by atoms with van der Waals surface area (Å²) in [6, 6.07) is 17.4. The van der Waals surface area contributed by atoms with Gasteiger partial charge in [0, 0.05) is 16.4 Å². The van der Waals surface area contributed by atoms with Gasteiger partial charge in [-0.25, -0.2) is 4.39 Å². The Morgan fingerprint density at radius 3 is 2.48 bits per heavy atom. The van der Waals surface area contributed by atoms with Crippen molar-refractivity contribution in [2.45, 2.75) is 12.6 Å². The van der Waals surface area contributed by atoms with Gasteiger partial charge in [0.1, 0.15) is 5.82 Å². The Morgan fingerprint density at radius 1 is 1.15 bits per heavy atom. The maximum Gasteiger partial charge on any atom is 0.234 e. The Bertz CT molecular complexity index is 866. The molecule has 1 atom stereocenters. The summed E-state index contributed by atoms with van der Waals surface area (Å²) in [4.78, 5) is 15.5. The second-order valence-electron chi connectivity index (χ2n) is 6.37. The van der Waals surface area contributed by atoms with E-state index in [2.05, 4.69) is 5.32 Å². The first-order chi connectivity index (χ1) is 13.0. The lowest BCUT2D eigenvalue weighted by atomic mass is 10.1. The van der Waals surface area contributed by atoms with Gasteiger partial charge in [0.05, 0.1) is 12.6 Å². The summed E-state index contributed by atoms with van der Waals surface area (Å²) in [6.07, 6.45) is 0. The normalized spacial score (nSPS) is 12.1. The first-order valence-corrected chi connectivity index (χ1v) is 9.78. The number of rotatable bonds is 7. The van der Waals surface area contributed by atoms with Crippen molar-refractivity contribution >= 4 is 28.8 Å². The van der Waals surface area contributed by atoms with Crippen molar-refractivity contribution in [2.75, 3.05) is 13.6 Å². The number of nitrogens with zero attached hydrogens (tertiary/aromatic N) is 1. The van der Waals surface area contributed by atoms with Crippen molar-refractivity contribution in [3.63, 3.8) is 0 Å². The molecule has 2 aromatic carbocycles. The standard InChI is InChI=1S/C21H20ClFN2OS/c1-25(13-15-4-8-17(22)9-5-15)14-20(26)24-21(19-3-2-12-27-19)16-6-10-18(23)11-7-16/h2-12,21H,13-14H2,1H3,(H,24,26)/t21-/m0/s1. The van der Waals surface area contributed by atoms with E-state index in [9.17, 15) is 9.18 Å². The highest BCUT2D eigenvalue weighted by Crippen LogP contribution is 2.26. The molecule has 0 aliphatic rings. The molecule has 0 spiro atoms. The van der Waals surface area contributed by atoms with Crippen LogP contribution >= 0.6 is 22.9 Å². The highest BCUT2D eigenvalue weighted by atomic mass is 35.5. The number of hydrogen-bond donors (Lipinski definition) is 1. The van der Waals surface area contributed by atoms with Gasteiger partial charge in [-0.3, -0.25) is 9.69 Å². The smallest absolute Gasteiger partial charge is 0.234 e. The minimum atomic E-state index is -0.294. The van der Waals surface area contributed by atoms with E-state index in [0.717, 1.165) is 16.0 Å². The first kappa shape index (κ1) is 19.5. The summed E-state index contributed by atoms with van der Waals surface area (Å²) >= 11 is 7.47. The second-order valence-corrected chi connectivity index (χ2v) is 7.78. The third-order valence-electron chi connectivity index (χ3n) is 4.12. The molecule has 1 aromatic heterocycles. The Balaban J connectivity index is 1.65. The minimum absolute atomic E-state index is 0.0887. The van der Waals surface area contributed by atoms with Crippen molar-refractivity contribution in [1.82, 2.24) is 10.2 Å². The monoisotopic (exact) mass is 402 g/mol. The van der Waals surface area contributed by atoms with E-state index < -0.39 is 0 Å². The Kier molecular flexibility index (Phi) is 6.61. The largest absolute Gasteiger partial charge is 0.343 e. The van der Waals surface area contributed by atoms with Crippen molar-refractivity contribution in [3.05, 3.63) is 92.9 Å². The van der Waals surface area contributed by atoms with Gasteiger partial charge in [0.15, 0.2) is 0 Å². The minimum Gasteiger partial charge on any atom is -0.343 e. The van der Waals surface area contributed by atoms with Gasteiger partial charge in [0.2, 0.25) is 5.91 Å². The van der Waals surface area contributed by atoms with Gasteiger partial charge < -0.3 is 5.32 Å². The van der Waals surface area contributed by atoms with E-state index in [1.54, 1.807) is 23.5 Å². The number of amides is 1. The van der Waals surface area contributed by atoms with Crippen LogP contribution in [0, 0.1) is 5.82 Å². The van der Waals surface area contributed by atoms with Crippen LogP contribution in [0.25, 0.3) is 0 Å². The van der Waals surface area contributed by atoms with Crippen LogP contribution in [0.5, 0.6) is 0 Å². The molecule has 1 amide bonds. The van der Waals surface area contributed by atoms with Crippen LogP contribution in [0.2, 0.25) is 5.02 Å². The Labute approximate surface area is 167 Å². The maximum absolute atomic E-state index is 13.3. The lowest BCUT2D eigenvalue weighted by molar-refractivity contribution is -0.122. The fourth-order valence-electron chi connectivity index (χ4n) is 2.84. The molecule has 0 fully saturated rings. The Hall–Kier alpha value is -2.21. The van der Waals surface area contributed by atoms with Crippen LogP contribution in [0.4, 0.5) is 4.39 Å². The molecule has 0 aliphatic carbocycles. The lowest BCUT2D eigenvalue weighted by Crippen LogP contribution is -2.37. The van der Waals surface area contributed by atoms with Crippen molar-refractivity contribution < 1.29 is 9.18 Å². The van der Waals surface area contributed by atoms with Crippen LogP contribution in [0.3, 0.4) is 0 Å². The molecule has 1 N–H and O–H groups in total. The number of hydrogen-bond acceptors (Lipinski definition) is 3. The molecule has 0 bridgehead atoms. The molecule has 1 heterocycles. The quantitative estimate of drug-likeness (QED) is 0.611. The van der Waals surface area contributed by atoms with E-state index >= 15 is 0 Å². The molecule has 3 nitrogen and oxygen atoms in total. The molecular formula is C21H20ClFN2OS. The van der Waals surface area contributed by atoms with E-state index in [0.29, 0.717) is 11.6 Å². The summed E-state index contributed by atoms with van der Waals surface area (Å²) in [5.41, 5.74) is 1.94. The van der Waals surface area contributed by atoms with Crippen molar-refractivity contribution in [3.8, 4) is 0 Å². The summed E-state index contributed by atoms with van der Waals surface area (Å²) in [7, 11) is 1.90.